The molecule has 1 unspecified atom stereocenters. The van der Waals surface area contributed by atoms with Crippen LogP contribution in [0.5, 0.6) is 0 Å². The van der Waals surface area contributed by atoms with Gasteiger partial charge in [-0.05, 0) is 24.1 Å². The molecule has 0 saturated carbocycles. The highest BCUT2D eigenvalue weighted by Crippen LogP contribution is 2.38. The average molecular weight is 356 g/mol. The predicted octanol–water partition coefficient (Wildman–Crippen LogP) is 1.49. The molecule has 3 rings (SSSR count). The van der Waals surface area contributed by atoms with Gasteiger partial charge in [0.15, 0.2) is 0 Å². The van der Waals surface area contributed by atoms with Gasteiger partial charge in [0.1, 0.15) is 13.2 Å². The van der Waals surface area contributed by atoms with Gasteiger partial charge in [0.2, 0.25) is 5.91 Å². The van der Waals surface area contributed by atoms with Crippen molar-refractivity contribution in [2.75, 3.05) is 39.3 Å². The molecular formula is C19H24N4O3. The van der Waals surface area contributed by atoms with Crippen molar-refractivity contribution >= 4 is 17.5 Å². The number of para-hydroxylation sites is 1. The molecule has 0 N–H and O–H groups in total. The van der Waals surface area contributed by atoms with Crippen molar-refractivity contribution < 1.29 is 14.3 Å². The van der Waals surface area contributed by atoms with Crippen LogP contribution in [0.25, 0.3) is 0 Å². The van der Waals surface area contributed by atoms with Crippen LogP contribution in [0.1, 0.15) is 23.6 Å². The van der Waals surface area contributed by atoms with E-state index in [4.69, 9.17) is 4.74 Å². The molecule has 0 saturated heterocycles. The minimum absolute atomic E-state index is 0.0000294. The second-order valence-electron chi connectivity index (χ2n) is 6.60. The van der Waals surface area contributed by atoms with E-state index in [1.165, 1.54) is 7.11 Å². The molecule has 2 amide bonds. The number of carbonyl (C=O) groups excluding carboxylic acids is 2. The maximum Gasteiger partial charge on any atom is 0.252 e. The minimum atomic E-state index is -0.0412. The van der Waals surface area contributed by atoms with Crippen molar-refractivity contribution in [2.24, 2.45) is 0 Å². The van der Waals surface area contributed by atoms with Crippen LogP contribution in [0.3, 0.4) is 0 Å². The van der Waals surface area contributed by atoms with Gasteiger partial charge in [0.25, 0.3) is 5.91 Å². The molecule has 26 heavy (non-hydrogen) atoms. The highest BCUT2D eigenvalue weighted by molar-refractivity contribution is 5.95. The minimum Gasteiger partial charge on any atom is -0.375 e. The summed E-state index contributed by atoms with van der Waals surface area (Å²) in [5.74, 6) is 0.0639. The lowest BCUT2D eigenvalue weighted by Crippen LogP contribution is -2.39. The molecule has 0 bridgehead atoms. The maximum absolute atomic E-state index is 12.3. The van der Waals surface area contributed by atoms with Crippen LogP contribution in [-0.2, 0) is 20.9 Å². The zero-order valence-corrected chi connectivity index (χ0v) is 15.4. The number of likely N-dealkylation sites (N-methyl/N-ethyl adjacent to an activating group) is 1. The van der Waals surface area contributed by atoms with E-state index >= 15 is 0 Å². The predicted molar refractivity (Wildman–Crippen MR) is 98.1 cm³/mol. The van der Waals surface area contributed by atoms with Crippen LogP contribution in [0, 0.1) is 0 Å². The SMILES string of the molecule is COCC(=O)N1CCC(c2ccn(CC(=O)N(C)C)n2)c2ccccc21. The topological polar surface area (TPSA) is 67.7 Å². The standard InChI is InChI=1S/C19H24N4O3/c1-21(2)18(24)12-22-10-9-16(20-22)14-8-11-23(19(25)13-26-3)17-7-5-4-6-15(14)17/h4-7,9-10,14H,8,11-13H2,1-3H3. The Morgan fingerprint density at radius 3 is 2.77 bits per heavy atom. The highest BCUT2D eigenvalue weighted by Gasteiger charge is 2.30. The Morgan fingerprint density at radius 1 is 1.27 bits per heavy atom. The average Bonchev–Trinajstić information content (AvgIpc) is 3.09. The van der Waals surface area contributed by atoms with Crippen LogP contribution in [0.2, 0.25) is 0 Å². The van der Waals surface area contributed by atoms with Gasteiger partial charge in [-0.15, -0.1) is 0 Å². The highest BCUT2D eigenvalue weighted by atomic mass is 16.5. The number of nitrogens with zero attached hydrogens (tertiary/aromatic N) is 4. The van der Waals surface area contributed by atoms with Gasteiger partial charge in [-0.3, -0.25) is 14.3 Å². The van der Waals surface area contributed by atoms with E-state index in [-0.39, 0.29) is 30.9 Å². The fourth-order valence-corrected chi connectivity index (χ4v) is 3.26. The number of methoxy groups -OCH3 is 1. The van der Waals surface area contributed by atoms with Crippen molar-refractivity contribution in [3.63, 3.8) is 0 Å². The number of aromatic nitrogens is 2. The van der Waals surface area contributed by atoms with Gasteiger partial charge in [-0.1, -0.05) is 18.2 Å². The zero-order chi connectivity index (χ0) is 18.7. The second kappa shape index (κ2) is 7.70. The first-order valence-corrected chi connectivity index (χ1v) is 8.63. The summed E-state index contributed by atoms with van der Waals surface area (Å²) in [7, 11) is 4.99. The van der Waals surface area contributed by atoms with E-state index in [1.54, 1.807) is 28.6 Å². The number of anilines is 1. The van der Waals surface area contributed by atoms with Gasteiger partial charge >= 0.3 is 0 Å². The molecule has 0 radical (unpaired) electrons. The molecule has 0 spiro atoms. The van der Waals surface area contributed by atoms with Gasteiger partial charge < -0.3 is 14.5 Å². The normalized spacial score (nSPS) is 16.3. The molecule has 0 aliphatic carbocycles. The second-order valence-corrected chi connectivity index (χ2v) is 6.60. The van der Waals surface area contributed by atoms with E-state index in [2.05, 4.69) is 5.10 Å². The van der Waals surface area contributed by atoms with Crippen LogP contribution in [0.15, 0.2) is 36.5 Å². The van der Waals surface area contributed by atoms with Gasteiger partial charge in [0.05, 0.1) is 5.69 Å². The zero-order valence-electron chi connectivity index (χ0n) is 15.4. The van der Waals surface area contributed by atoms with Gasteiger partial charge in [-0.2, -0.15) is 5.10 Å². The van der Waals surface area contributed by atoms with Gasteiger partial charge in [0, 0.05) is 45.6 Å². The fourth-order valence-electron chi connectivity index (χ4n) is 3.26. The van der Waals surface area contributed by atoms with Crippen LogP contribution < -0.4 is 4.90 Å². The fraction of sp³-hybridized carbons (Fsp3) is 0.421. The molecule has 7 heteroatoms. The monoisotopic (exact) mass is 356 g/mol. The number of hydrogen-bond donors (Lipinski definition) is 0. The Bertz CT molecular complexity index is 800. The van der Waals surface area contributed by atoms with Crippen LogP contribution >= 0.6 is 0 Å². The number of ether oxygens (including phenoxy) is 1. The summed E-state index contributed by atoms with van der Waals surface area (Å²) in [6.45, 7) is 0.910. The Kier molecular flexibility index (Phi) is 5.37. The number of benzene rings is 1. The quantitative estimate of drug-likeness (QED) is 0.814. The Hall–Kier alpha value is -2.67. The molecule has 2 heterocycles. The summed E-state index contributed by atoms with van der Waals surface area (Å²) in [4.78, 5) is 27.5. The van der Waals surface area contributed by atoms with Crippen molar-refractivity contribution in [3.05, 3.63) is 47.8 Å². The lowest BCUT2D eigenvalue weighted by molar-refractivity contribution is -0.129. The van der Waals surface area contributed by atoms with E-state index in [9.17, 15) is 9.59 Å². The summed E-state index contributed by atoms with van der Waals surface area (Å²) >= 11 is 0. The number of amides is 2. The molecule has 7 nitrogen and oxygen atoms in total. The third-order valence-corrected chi connectivity index (χ3v) is 4.63. The lowest BCUT2D eigenvalue weighted by atomic mass is 9.87. The van der Waals surface area contributed by atoms with Crippen molar-refractivity contribution in [3.8, 4) is 0 Å². The Morgan fingerprint density at radius 2 is 2.04 bits per heavy atom. The molecule has 138 valence electrons. The molecule has 1 aliphatic heterocycles. The smallest absolute Gasteiger partial charge is 0.252 e. The number of hydrogen-bond acceptors (Lipinski definition) is 4. The van der Waals surface area contributed by atoms with Crippen molar-refractivity contribution in [2.45, 2.75) is 18.9 Å². The molecule has 1 aliphatic rings. The molecule has 1 aromatic carbocycles. The van der Waals surface area contributed by atoms with E-state index in [0.717, 1.165) is 23.4 Å². The Balaban J connectivity index is 1.85. The summed E-state index contributed by atoms with van der Waals surface area (Å²) in [5.41, 5.74) is 2.90. The molecule has 2 aromatic rings. The Labute approximate surface area is 153 Å². The van der Waals surface area contributed by atoms with E-state index in [1.807, 2.05) is 36.5 Å². The number of fused-ring (bicyclic) bond motifs is 1. The first-order chi connectivity index (χ1) is 12.5. The van der Waals surface area contributed by atoms with E-state index < -0.39 is 0 Å². The van der Waals surface area contributed by atoms with Crippen LogP contribution in [0.4, 0.5) is 5.69 Å². The molecule has 1 aromatic heterocycles. The summed E-state index contributed by atoms with van der Waals surface area (Å²) in [6, 6.07) is 9.86. The first-order valence-electron chi connectivity index (χ1n) is 8.63. The molecule has 0 fully saturated rings. The number of rotatable bonds is 5. The third kappa shape index (κ3) is 3.62. The van der Waals surface area contributed by atoms with E-state index in [0.29, 0.717) is 6.54 Å². The lowest BCUT2D eigenvalue weighted by Gasteiger charge is -2.33. The first kappa shape index (κ1) is 18.1. The summed E-state index contributed by atoms with van der Waals surface area (Å²) in [6.07, 6.45) is 2.62. The van der Waals surface area contributed by atoms with Gasteiger partial charge in [-0.25, -0.2) is 0 Å². The summed E-state index contributed by atoms with van der Waals surface area (Å²) < 4.78 is 6.67. The summed E-state index contributed by atoms with van der Waals surface area (Å²) in [5, 5.41) is 4.60. The maximum atomic E-state index is 12.3. The largest absolute Gasteiger partial charge is 0.375 e. The van der Waals surface area contributed by atoms with Crippen molar-refractivity contribution in [1.29, 1.82) is 0 Å². The molecule has 1 atom stereocenters. The van der Waals surface area contributed by atoms with Crippen molar-refractivity contribution in [1.82, 2.24) is 14.7 Å². The third-order valence-electron chi connectivity index (χ3n) is 4.63. The number of carbonyl (C=O) groups is 2. The molecular weight excluding hydrogens is 332 g/mol. The van der Waals surface area contributed by atoms with Crippen LogP contribution in [-0.4, -0.2) is 60.9 Å².